The lowest BCUT2D eigenvalue weighted by Crippen LogP contribution is -2.39. The summed E-state index contributed by atoms with van der Waals surface area (Å²) in [7, 11) is 3.24. The van der Waals surface area contributed by atoms with Crippen LogP contribution >= 0.6 is 11.6 Å². The standard InChI is InChI=1S/C18H22ClFN4O3/c1-10(16(25)22(2)3)21-13-9-15(12(20)8-11(13)19)24-17(26)14-6-4-5-7-23(14)18(24)27/h8-10,14,21H,4-7H2,1-3H3. The Hall–Kier alpha value is -2.35. The molecule has 27 heavy (non-hydrogen) atoms. The van der Waals surface area contributed by atoms with E-state index in [0.717, 1.165) is 23.8 Å². The van der Waals surface area contributed by atoms with Gasteiger partial charge in [0.05, 0.1) is 16.4 Å². The average molecular weight is 397 g/mol. The van der Waals surface area contributed by atoms with Crippen LogP contribution in [0.1, 0.15) is 26.2 Å². The van der Waals surface area contributed by atoms with E-state index in [1.54, 1.807) is 21.0 Å². The molecule has 0 radical (unpaired) electrons. The predicted octanol–water partition coefficient (Wildman–Crippen LogP) is 2.69. The van der Waals surface area contributed by atoms with E-state index in [1.165, 1.54) is 15.9 Å². The summed E-state index contributed by atoms with van der Waals surface area (Å²) >= 11 is 6.11. The van der Waals surface area contributed by atoms with Gasteiger partial charge in [-0.15, -0.1) is 0 Å². The van der Waals surface area contributed by atoms with Gasteiger partial charge in [-0.25, -0.2) is 14.1 Å². The second-order valence-corrected chi connectivity index (χ2v) is 7.45. The van der Waals surface area contributed by atoms with Crippen LogP contribution in [-0.2, 0) is 9.59 Å². The van der Waals surface area contributed by atoms with E-state index in [-0.39, 0.29) is 22.3 Å². The molecule has 9 heteroatoms. The number of imide groups is 1. The third-order valence-electron chi connectivity index (χ3n) is 4.91. The number of carbonyl (C=O) groups excluding carboxylic acids is 3. The number of anilines is 2. The zero-order chi connectivity index (χ0) is 19.9. The number of nitrogens with one attached hydrogen (secondary N) is 1. The molecule has 4 amide bonds. The van der Waals surface area contributed by atoms with E-state index in [4.69, 9.17) is 11.6 Å². The van der Waals surface area contributed by atoms with E-state index in [0.29, 0.717) is 13.0 Å². The summed E-state index contributed by atoms with van der Waals surface area (Å²) in [4.78, 5) is 41.2. The minimum Gasteiger partial charge on any atom is -0.373 e. The zero-order valence-electron chi connectivity index (χ0n) is 15.5. The van der Waals surface area contributed by atoms with Crippen LogP contribution in [0.25, 0.3) is 0 Å². The topological polar surface area (TPSA) is 73.0 Å². The fourth-order valence-corrected chi connectivity index (χ4v) is 3.72. The number of likely N-dealkylation sites (N-methyl/N-ethyl adjacent to an activating group) is 1. The van der Waals surface area contributed by atoms with Crippen molar-refractivity contribution in [2.45, 2.75) is 38.3 Å². The van der Waals surface area contributed by atoms with Gasteiger partial charge in [-0.05, 0) is 38.3 Å². The average Bonchev–Trinajstić information content (AvgIpc) is 2.88. The molecule has 2 atom stereocenters. The molecule has 3 rings (SSSR count). The van der Waals surface area contributed by atoms with Crippen molar-refractivity contribution in [1.29, 1.82) is 0 Å². The largest absolute Gasteiger partial charge is 0.373 e. The minimum atomic E-state index is -0.765. The van der Waals surface area contributed by atoms with Gasteiger partial charge in [0.15, 0.2) is 0 Å². The molecule has 0 saturated carbocycles. The first-order valence-electron chi connectivity index (χ1n) is 8.83. The Bertz CT molecular complexity index is 777. The van der Waals surface area contributed by atoms with Crippen molar-refractivity contribution in [3.8, 4) is 0 Å². The van der Waals surface area contributed by atoms with Gasteiger partial charge in [-0.1, -0.05) is 11.6 Å². The Morgan fingerprint density at radius 1 is 1.33 bits per heavy atom. The molecule has 1 N–H and O–H groups in total. The number of carbonyl (C=O) groups is 3. The molecule has 2 aliphatic rings. The lowest BCUT2D eigenvalue weighted by atomic mass is 10.0. The van der Waals surface area contributed by atoms with E-state index < -0.39 is 29.8 Å². The van der Waals surface area contributed by atoms with E-state index in [2.05, 4.69) is 5.32 Å². The Balaban J connectivity index is 1.93. The normalized spacial score (nSPS) is 20.6. The van der Waals surface area contributed by atoms with Gasteiger partial charge in [0.2, 0.25) is 5.91 Å². The summed E-state index contributed by atoms with van der Waals surface area (Å²) in [5, 5.41) is 2.98. The minimum absolute atomic E-state index is 0.0615. The van der Waals surface area contributed by atoms with Gasteiger partial charge in [-0.2, -0.15) is 0 Å². The Labute approximate surface area is 162 Å². The molecular weight excluding hydrogens is 375 g/mol. The SMILES string of the molecule is CC(Nc1cc(N2C(=O)C3CCCCN3C2=O)c(F)cc1Cl)C(=O)N(C)C. The van der Waals surface area contributed by atoms with Crippen LogP contribution in [0.5, 0.6) is 0 Å². The Morgan fingerprint density at radius 3 is 2.67 bits per heavy atom. The molecule has 0 bridgehead atoms. The smallest absolute Gasteiger partial charge is 0.332 e. The summed E-state index contributed by atoms with van der Waals surface area (Å²) in [6, 6.07) is 0.684. The third-order valence-corrected chi connectivity index (χ3v) is 5.22. The summed E-state index contributed by atoms with van der Waals surface area (Å²) in [5.74, 6) is -1.38. The van der Waals surface area contributed by atoms with Gasteiger partial charge >= 0.3 is 6.03 Å². The van der Waals surface area contributed by atoms with Crippen LogP contribution in [0.4, 0.5) is 20.6 Å². The second kappa shape index (κ2) is 7.34. The monoisotopic (exact) mass is 396 g/mol. The Morgan fingerprint density at radius 2 is 2.04 bits per heavy atom. The number of nitrogens with zero attached hydrogens (tertiary/aromatic N) is 3. The number of urea groups is 1. The number of fused-ring (bicyclic) bond motifs is 1. The highest BCUT2D eigenvalue weighted by atomic mass is 35.5. The molecule has 2 fully saturated rings. The summed E-state index contributed by atoms with van der Waals surface area (Å²) in [6.07, 6.45) is 2.26. The van der Waals surface area contributed by atoms with Crippen molar-refractivity contribution in [1.82, 2.24) is 9.80 Å². The van der Waals surface area contributed by atoms with E-state index in [9.17, 15) is 18.8 Å². The molecule has 2 aliphatic heterocycles. The quantitative estimate of drug-likeness (QED) is 0.794. The predicted molar refractivity (Wildman–Crippen MR) is 100 cm³/mol. The molecule has 2 unspecified atom stereocenters. The lowest BCUT2D eigenvalue weighted by molar-refractivity contribution is -0.129. The summed E-state index contributed by atoms with van der Waals surface area (Å²) in [6.45, 7) is 2.13. The molecular formula is C18H22ClFN4O3. The van der Waals surface area contributed by atoms with Gasteiger partial charge in [0.1, 0.15) is 17.9 Å². The highest BCUT2D eigenvalue weighted by Crippen LogP contribution is 2.36. The number of amides is 4. The molecule has 2 saturated heterocycles. The number of benzene rings is 1. The molecule has 2 heterocycles. The van der Waals surface area contributed by atoms with Crippen LogP contribution in [0.2, 0.25) is 5.02 Å². The maximum Gasteiger partial charge on any atom is 0.332 e. The number of hydrogen-bond acceptors (Lipinski definition) is 4. The van der Waals surface area contributed by atoms with Crippen LogP contribution in [0, 0.1) is 5.82 Å². The number of halogens is 2. The maximum absolute atomic E-state index is 14.6. The molecule has 1 aromatic carbocycles. The van der Waals surface area contributed by atoms with Crippen LogP contribution in [0.15, 0.2) is 12.1 Å². The van der Waals surface area contributed by atoms with Crippen molar-refractivity contribution in [2.24, 2.45) is 0 Å². The molecule has 7 nitrogen and oxygen atoms in total. The molecule has 1 aromatic rings. The summed E-state index contributed by atoms with van der Waals surface area (Å²) < 4.78 is 14.6. The van der Waals surface area contributed by atoms with Gasteiger partial charge in [-0.3, -0.25) is 9.59 Å². The molecule has 0 aromatic heterocycles. The molecule has 146 valence electrons. The maximum atomic E-state index is 14.6. The number of piperidine rings is 1. The van der Waals surface area contributed by atoms with Gasteiger partial charge in [0, 0.05) is 20.6 Å². The van der Waals surface area contributed by atoms with Crippen molar-refractivity contribution in [2.75, 3.05) is 30.9 Å². The fourth-order valence-electron chi connectivity index (χ4n) is 3.51. The summed E-state index contributed by atoms with van der Waals surface area (Å²) in [5.41, 5.74) is 0.122. The first kappa shape index (κ1) is 19.4. The van der Waals surface area contributed by atoms with Crippen LogP contribution in [-0.4, -0.2) is 60.4 Å². The number of rotatable bonds is 4. The lowest BCUT2D eigenvalue weighted by Gasteiger charge is -2.26. The fraction of sp³-hybridized carbons (Fsp3) is 0.500. The van der Waals surface area contributed by atoms with E-state index >= 15 is 0 Å². The highest BCUT2D eigenvalue weighted by molar-refractivity contribution is 6.33. The highest BCUT2D eigenvalue weighted by Gasteiger charge is 2.47. The second-order valence-electron chi connectivity index (χ2n) is 7.04. The first-order valence-corrected chi connectivity index (χ1v) is 9.21. The van der Waals surface area contributed by atoms with Crippen LogP contribution < -0.4 is 10.2 Å². The van der Waals surface area contributed by atoms with Crippen molar-refractivity contribution in [3.05, 3.63) is 23.0 Å². The van der Waals surface area contributed by atoms with Crippen molar-refractivity contribution >= 4 is 40.8 Å². The third kappa shape index (κ3) is 3.45. The molecule has 0 spiro atoms. The van der Waals surface area contributed by atoms with E-state index in [1.807, 2.05) is 0 Å². The van der Waals surface area contributed by atoms with Crippen molar-refractivity contribution in [3.63, 3.8) is 0 Å². The molecule has 0 aliphatic carbocycles. The Kier molecular flexibility index (Phi) is 5.28. The van der Waals surface area contributed by atoms with Gasteiger partial charge in [0.25, 0.3) is 5.91 Å². The van der Waals surface area contributed by atoms with Crippen molar-refractivity contribution < 1.29 is 18.8 Å². The number of hydrogen-bond donors (Lipinski definition) is 1. The van der Waals surface area contributed by atoms with Crippen LogP contribution in [0.3, 0.4) is 0 Å². The van der Waals surface area contributed by atoms with Gasteiger partial charge < -0.3 is 15.1 Å². The zero-order valence-corrected chi connectivity index (χ0v) is 16.2. The first-order chi connectivity index (χ1) is 12.7.